The normalized spacial score (nSPS) is 15.0. The third-order valence-electron chi connectivity index (χ3n) is 4.14. The van der Waals surface area contributed by atoms with E-state index in [1.165, 1.54) is 24.2 Å². The average Bonchev–Trinajstić information content (AvgIpc) is 3.11. The van der Waals surface area contributed by atoms with E-state index in [1.807, 2.05) is 0 Å². The highest BCUT2D eigenvalue weighted by molar-refractivity contribution is 7.99. The largest absolute Gasteiger partial charge is 0.325 e. The highest BCUT2D eigenvalue weighted by Gasteiger charge is 2.21. The van der Waals surface area contributed by atoms with Gasteiger partial charge in [0.25, 0.3) is 0 Å². The van der Waals surface area contributed by atoms with Crippen LogP contribution < -0.4 is 5.32 Å². The van der Waals surface area contributed by atoms with Gasteiger partial charge in [-0.1, -0.05) is 31.0 Å². The van der Waals surface area contributed by atoms with E-state index in [0.717, 1.165) is 37.8 Å². The fourth-order valence-corrected chi connectivity index (χ4v) is 3.64. The van der Waals surface area contributed by atoms with Crippen LogP contribution in [0.15, 0.2) is 23.4 Å². The van der Waals surface area contributed by atoms with Crippen molar-refractivity contribution >= 4 is 29.0 Å². The molecule has 0 spiro atoms. The van der Waals surface area contributed by atoms with E-state index in [-0.39, 0.29) is 23.4 Å². The molecule has 1 aromatic heterocycles. The zero-order chi connectivity index (χ0) is 18.5. The van der Waals surface area contributed by atoms with E-state index >= 15 is 0 Å². The fraction of sp³-hybridized carbons (Fsp3) is 0.467. The van der Waals surface area contributed by atoms with Crippen molar-refractivity contribution < 1.29 is 14.1 Å². The molecular weight excluding hydrogens is 363 g/mol. The molecule has 138 valence electrons. The number of aromatic nitrogens is 4. The van der Waals surface area contributed by atoms with Crippen LogP contribution in [0.3, 0.4) is 0 Å². The number of hydrogen-bond donors (Lipinski definition) is 1. The smallest absolute Gasteiger partial charge is 0.306 e. The average molecular weight is 380 g/mol. The van der Waals surface area contributed by atoms with Gasteiger partial charge in [0.2, 0.25) is 16.9 Å². The van der Waals surface area contributed by atoms with Gasteiger partial charge in [-0.15, -0.1) is 5.10 Å². The predicted molar refractivity (Wildman–Crippen MR) is 92.3 cm³/mol. The van der Waals surface area contributed by atoms with E-state index in [9.17, 15) is 19.3 Å². The minimum atomic E-state index is -0.950. The van der Waals surface area contributed by atoms with E-state index in [2.05, 4.69) is 20.8 Å². The molecule has 0 unspecified atom stereocenters. The number of benzene rings is 1. The molecular formula is C15H17FN6O3S. The fourth-order valence-electron chi connectivity index (χ4n) is 2.89. The summed E-state index contributed by atoms with van der Waals surface area (Å²) in [5.41, 5.74) is -0.521. The zero-order valence-electron chi connectivity index (χ0n) is 13.8. The lowest BCUT2D eigenvalue weighted by Crippen LogP contribution is -2.17. The molecule has 0 bridgehead atoms. The van der Waals surface area contributed by atoms with E-state index < -0.39 is 16.4 Å². The number of nitro benzene ring substituents is 1. The molecule has 1 aliphatic rings. The van der Waals surface area contributed by atoms with Crippen molar-refractivity contribution in [1.29, 1.82) is 0 Å². The molecule has 1 aliphatic carbocycles. The standard InChI is InChI=1S/C15H17FN6O3S/c16-12-7-6-10(8-13(12)22(24)25)17-14(23)9-26-15-18-19-20-21(15)11-4-2-1-3-5-11/h6-8,11H,1-5,9H2,(H,17,23). The summed E-state index contributed by atoms with van der Waals surface area (Å²) < 4.78 is 15.1. The maximum absolute atomic E-state index is 13.3. The summed E-state index contributed by atoms with van der Waals surface area (Å²) in [7, 11) is 0. The summed E-state index contributed by atoms with van der Waals surface area (Å²) in [5, 5.41) is 25.5. The van der Waals surface area contributed by atoms with Crippen molar-refractivity contribution in [3.63, 3.8) is 0 Å². The number of tetrazole rings is 1. The minimum absolute atomic E-state index is 0.0399. The minimum Gasteiger partial charge on any atom is -0.325 e. The van der Waals surface area contributed by atoms with Crippen LogP contribution >= 0.6 is 11.8 Å². The Morgan fingerprint density at radius 3 is 2.88 bits per heavy atom. The molecule has 1 saturated carbocycles. The lowest BCUT2D eigenvalue weighted by atomic mass is 9.96. The van der Waals surface area contributed by atoms with Gasteiger partial charge in [-0.3, -0.25) is 14.9 Å². The third-order valence-corrected chi connectivity index (χ3v) is 5.08. The van der Waals surface area contributed by atoms with Gasteiger partial charge < -0.3 is 5.32 Å². The molecule has 0 atom stereocenters. The number of carbonyl (C=O) groups is 1. The Morgan fingerprint density at radius 1 is 1.38 bits per heavy atom. The van der Waals surface area contributed by atoms with Gasteiger partial charge in [0.1, 0.15) is 0 Å². The first-order chi connectivity index (χ1) is 12.5. The highest BCUT2D eigenvalue weighted by Crippen LogP contribution is 2.30. The summed E-state index contributed by atoms with van der Waals surface area (Å²) in [6.07, 6.45) is 5.53. The zero-order valence-corrected chi connectivity index (χ0v) is 14.6. The number of nitro groups is 1. The number of rotatable bonds is 6. The van der Waals surface area contributed by atoms with Gasteiger partial charge in [-0.25, -0.2) is 4.68 Å². The van der Waals surface area contributed by atoms with Crippen LogP contribution in [0, 0.1) is 15.9 Å². The first kappa shape index (κ1) is 18.2. The van der Waals surface area contributed by atoms with Crippen molar-refractivity contribution in [2.75, 3.05) is 11.1 Å². The monoisotopic (exact) mass is 380 g/mol. The quantitative estimate of drug-likeness (QED) is 0.465. The second kappa shape index (κ2) is 8.21. The molecule has 1 N–H and O–H groups in total. The number of carbonyl (C=O) groups excluding carboxylic acids is 1. The molecule has 1 amide bonds. The Kier molecular flexibility index (Phi) is 5.76. The second-order valence-electron chi connectivity index (χ2n) is 5.96. The SMILES string of the molecule is O=C(CSc1nnnn1C1CCCCC1)Nc1ccc(F)c([N+](=O)[O-])c1. The lowest BCUT2D eigenvalue weighted by molar-refractivity contribution is -0.387. The number of nitrogens with zero attached hydrogens (tertiary/aromatic N) is 5. The van der Waals surface area contributed by atoms with E-state index in [4.69, 9.17) is 0 Å². The topological polar surface area (TPSA) is 116 Å². The van der Waals surface area contributed by atoms with Crippen LogP contribution in [-0.2, 0) is 4.79 Å². The predicted octanol–water partition coefficient (Wildman–Crippen LogP) is 2.96. The summed E-state index contributed by atoms with van der Waals surface area (Å²) in [4.78, 5) is 22.0. The second-order valence-corrected chi connectivity index (χ2v) is 6.90. The van der Waals surface area contributed by atoms with E-state index in [1.54, 1.807) is 4.68 Å². The summed E-state index contributed by atoms with van der Waals surface area (Å²) >= 11 is 1.20. The Hall–Kier alpha value is -2.56. The highest BCUT2D eigenvalue weighted by atomic mass is 32.2. The number of halogens is 1. The molecule has 1 aromatic carbocycles. The van der Waals surface area contributed by atoms with Crippen molar-refractivity contribution in [1.82, 2.24) is 20.2 Å². The van der Waals surface area contributed by atoms with Crippen LogP contribution in [0.25, 0.3) is 0 Å². The molecule has 0 radical (unpaired) electrons. The molecule has 3 rings (SSSR count). The Balaban J connectivity index is 1.59. The van der Waals surface area contributed by atoms with Gasteiger partial charge >= 0.3 is 5.69 Å². The van der Waals surface area contributed by atoms with Gasteiger partial charge in [-0.2, -0.15) is 4.39 Å². The number of thioether (sulfide) groups is 1. The van der Waals surface area contributed by atoms with Crippen LogP contribution in [0.1, 0.15) is 38.1 Å². The maximum atomic E-state index is 13.3. The van der Waals surface area contributed by atoms with Crippen LogP contribution in [0.5, 0.6) is 0 Å². The summed E-state index contributed by atoms with van der Waals surface area (Å²) in [6.45, 7) is 0. The molecule has 26 heavy (non-hydrogen) atoms. The molecule has 9 nitrogen and oxygen atoms in total. The Bertz CT molecular complexity index is 808. The van der Waals surface area contributed by atoms with Crippen LogP contribution in [0.2, 0.25) is 0 Å². The maximum Gasteiger partial charge on any atom is 0.306 e. The van der Waals surface area contributed by atoms with Gasteiger partial charge in [0, 0.05) is 11.8 Å². The Morgan fingerprint density at radius 2 is 2.15 bits per heavy atom. The molecule has 2 aromatic rings. The van der Waals surface area contributed by atoms with Crippen molar-refractivity contribution in [2.45, 2.75) is 43.3 Å². The van der Waals surface area contributed by atoms with Crippen LogP contribution in [-0.4, -0.2) is 36.8 Å². The van der Waals surface area contributed by atoms with Gasteiger partial charge in [0.15, 0.2) is 0 Å². The Labute approximate surface area is 152 Å². The van der Waals surface area contributed by atoms with Crippen molar-refractivity contribution in [3.8, 4) is 0 Å². The van der Waals surface area contributed by atoms with Crippen molar-refractivity contribution in [3.05, 3.63) is 34.1 Å². The molecule has 1 fully saturated rings. The molecule has 0 saturated heterocycles. The molecule has 1 heterocycles. The first-order valence-electron chi connectivity index (χ1n) is 8.19. The number of nitrogens with one attached hydrogen (secondary N) is 1. The van der Waals surface area contributed by atoms with Gasteiger partial charge in [0.05, 0.1) is 16.7 Å². The van der Waals surface area contributed by atoms with Gasteiger partial charge in [-0.05, 0) is 35.4 Å². The third kappa shape index (κ3) is 4.34. The first-order valence-corrected chi connectivity index (χ1v) is 9.17. The number of hydrogen-bond acceptors (Lipinski definition) is 7. The number of amides is 1. The van der Waals surface area contributed by atoms with E-state index in [0.29, 0.717) is 5.16 Å². The van der Waals surface area contributed by atoms with Crippen LogP contribution in [0.4, 0.5) is 15.8 Å². The molecule has 0 aliphatic heterocycles. The summed E-state index contributed by atoms with van der Waals surface area (Å²) in [5.74, 6) is -1.29. The summed E-state index contributed by atoms with van der Waals surface area (Å²) in [6, 6.07) is 3.47. The molecule has 11 heteroatoms. The van der Waals surface area contributed by atoms with Crippen molar-refractivity contribution in [2.24, 2.45) is 0 Å². The number of anilines is 1. The lowest BCUT2D eigenvalue weighted by Gasteiger charge is -2.21.